The average Bonchev–Trinajstić information content (AvgIpc) is 2.98. The molecule has 0 saturated carbocycles. The molecule has 0 radical (unpaired) electrons. The molecule has 3 aromatic rings. The van der Waals surface area contributed by atoms with Crippen LogP contribution in [0.1, 0.15) is 23.9 Å². The number of anilines is 1. The highest BCUT2D eigenvalue weighted by molar-refractivity contribution is 6.30. The summed E-state index contributed by atoms with van der Waals surface area (Å²) in [6.07, 6.45) is 0. The molecule has 146 valence electrons. The van der Waals surface area contributed by atoms with E-state index in [-0.39, 0.29) is 11.9 Å². The van der Waals surface area contributed by atoms with Gasteiger partial charge in [0.05, 0.1) is 17.4 Å². The summed E-state index contributed by atoms with van der Waals surface area (Å²) in [6, 6.07) is 16.9. The normalized spacial score (nSPS) is 12.2. The fourth-order valence-corrected chi connectivity index (χ4v) is 3.22. The Morgan fingerprint density at radius 2 is 1.79 bits per heavy atom. The Morgan fingerprint density at radius 1 is 1.14 bits per heavy atom. The van der Waals surface area contributed by atoms with Gasteiger partial charge in [0.25, 0.3) is 0 Å². The zero-order valence-electron chi connectivity index (χ0n) is 16.6. The summed E-state index contributed by atoms with van der Waals surface area (Å²) in [5.41, 5.74) is 4.96. The van der Waals surface area contributed by atoms with Crippen molar-refractivity contribution in [2.45, 2.75) is 33.4 Å². The maximum atomic E-state index is 12.6. The van der Waals surface area contributed by atoms with E-state index in [9.17, 15) is 4.79 Å². The maximum absolute atomic E-state index is 12.6. The fourth-order valence-electron chi connectivity index (χ4n) is 3.09. The van der Waals surface area contributed by atoms with Crippen LogP contribution in [0.2, 0.25) is 5.02 Å². The van der Waals surface area contributed by atoms with Crippen molar-refractivity contribution in [3.63, 3.8) is 0 Å². The van der Waals surface area contributed by atoms with Crippen molar-refractivity contribution in [2.75, 3.05) is 12.4 Å². The van der Waals surface area contributed by atoms with Gasteiger partial charge in [-0.3, -0.25) is 9.69 Å². The number of halogens is 1. The first-order chi connectivity index (χ1) is 13.4. The van der Waals surface area contributed by atoms with Crippen molar-refractivity contribution >= 4 is 23.2 Å². The first-order valence-corrected chi connectivity index (χ1v) is 9.62. The third-order valence-corrected chi connectivity index (χ3v) is 5.25. The van der Waals surface area contributed by atoms with E-state index < -0.39 is 0 Å². The summed E-state index contributed by atoms with van der Waals surface area (Å²) in [4.78, 5) is 14.6. The number of benzene rings is 2. The Balaban J connectivity index is 1.71. The molecule has 3 rings (SSSR count). The van der Waals surface area contributed by atoms with Crippen LogP contribution in [0.25, 0.3) is 5.69 Å². The van der Waals surface area contributed by atoms with Crippen LogP contribution < -0.4 is 5.32 Å². The lowest BCUT2D eigenvalue weighted by molar-refractivity contribution is -0.120. The minimum absolute atomic E-state index is 0.0596. The average molecular weight is 397 g/mol. The van der Waals surface area contributed by atoms with E-state index in [0.717, 1.165) is 28.3 Å². The zero-order valence-corrected chi connectivity index (χ0v) is 17.4. The minimum atomic E-state index is -0.297. The second-order valence-electron chi connectivity index (χ2n) is 6.98. The summed E-state index contributed by atoms with van der Waals surface area (Å²) < 4.78 is 1.96. The Labute approximate surface area is 170 Å². The van der Waals surface area contributed by atoms with Crippen molar-refractivity contribution in [1.82, 2.24) is 14.7 Å². The van der Waals surface area contributed by atoms with E-state index in [1.54, 1.807) is 24.3 Å². The van der Waals surface area contributed by atoms with Gasteiger partial charge in [0.15, 0.2) is 0 Å². The number of nitrogens with one attached hydrogen (secondary N) is 1. The number of rotatable bonds is 6. The van der Waals surface area contributed by atoms with Gasteiger partial charge in [-0.25, -0.2) is 4.68 Å². The number of hydrogen-bond donors (Lipinski definition) is 1. The van der Waals surface area contributed by atoms with Crippen molar-refractivity contribution < 1.29 is 4.79 Å². The molecule has 1 heterocycles. The van der Waals surface area contributed by atoms with Crippen LogP contribution in [0, 0.1) is 13.8 Å². The standard InChI is InChI=1S/C22H25ClN4O/c1-15-21(16(2)27(25-15)20-8-6-5-7-9-20)14-26(4)17(3)22(28)24-19-12-10-18(23)11-13-19/h5-13,17H,14H2,1-4H3,(H,24,28)/t17-/m0/s1. The van der Waals surface area contributed by atoms with Gasteiger partial charge in [-0.1, -0.05) is 29.8 Å². The molecular formula is C22H25ClN4O. The Morgan fingerprint density at radius 3 is 2.43 bits per heavy atom. The summed E-state index contributed by atoms with van der Waals surface area (Å²) in [7, 11) is 1.95. The van der Waals surface area contributed by atoms with E-state index in [2.05, 4.69) is 12.2 Å². The molecule has 0 aliphatic heterocycles. The van der Waals surface area contributed by atoms with Crippen LogP contribution in [0.5, 0.6) is 0 Å². The fraction of sp³-hybridized carbons (Fsp3) is 0.273. The summed E-state index contributed by atoms with van der Waals surface area (Å²) >= 11 is 5.90. The van der Waals surface area contributed by atoms with Gasteiger partial charge in [-0.05, 0) is 64.2 Å². The molecule has 2 aromatic carbocycles. The molecule has 1 atom stereocenters. The Hall–Kier alpha value is -2.63. The van der Waals surface area contributed by atoms with Crippen LogP contribution in [0.4, 0.5) is 5.69 Å². The molecule has 1 amide bonds. The van der Waals surface area contributed by atoms with E-state index in [4.69, 9.17) is 16.7 Å². The van der Waals surface area contributed by atoms with Gasteiger partial charge in [0.1, 0.15) is 0 Å². The number of aromatic nitrogens is 2. The highest BCUT2D eigenvalue weighted by Gasteiger charge is 2.21. The quantitative estimate of drug-likeness (QED) is 0.662. The number of carbonyl (C=O) groups is 1. The monoisotopic (exact) mass is 396 g/mol. The third-order valence-electron chi connectivity index (χ3n) is 5.00. The number of carbonyl (C=O) groups excluding carboxylic acids is 1. The molecule has 0 spiro atoms. The largest absolute Gasteiger partial charge is 0.325 e. The van der Waals surface area contributed by atoms with E-state index in [1.807, 2.05) is 60.8 Å². The zero-order chi connectivity index (χ0) is 20.3. The van der Waals surface area contributed by atoms with Gasteiger partial charge in [0, 0.05) is 28.5 Å². The van der Waals surface area contributed by atoms with Crippen molar-refractivity contribution in [2.24, 2.45) is 0 Å². The number of para-hydroxylation sites is 1. The summed E-state index contributed by atoms with van der Waals surface area (Å²) in [6.45, 7) is 6.61. The van der Waals surface area contributed by atoms with Gasteiger partial charge >= 0.3 is 0 Å². The lowest BCUT2D eigenvalue weighted by atomic mass is 10.1. The molecule has 0 unspecified atom stereocenters. The molecule has 5 nitrogen and oxygen atoms in total. The van der Waals surface area contributed by atoms with Crippen molar-refractivity contribution in [3.05, 3.63) is 76.6 Å². The van der Waals surface area contributed by atoms with E-state index >= 15 is 0 Å². The SMILES string of the molecule is Cc1nn(-c2ccccc2)c(C)c1CN(C)[C@@H](C)C(=O)Nc1ccc(Cl)cc1. The molecule has 28 heavy (non-hydrogen) atoms. The first-order valence-electron chi connectivity index (χ1n) is 9.24. The molecule has 0 saturated heterocycles. The molecule has 1 N–H and O–H groups in total. The molecule has 0 aliphatic carbocycles. The van der Waals surface area contributed by atoms with Gasteiger partial charge in [0.2, 0.25) is 5.91 Å². The van der Waals surface area contributed by atoms with Crippen LogP contribution in [0.15, 0.2) is 54.6 Å². The Kier molecular flexibility index (Phi) is 6.17. The summed E-state index contributed by atoms with van der Waals surface area (Å²) in [5.74, 6) is -0.0596. The molecule has 0 aliphatic rings. The van der Waals surface area contributed by atoms with Crippen molar-refractivity contribution in [3.8, 4) is 5.69 Å². The Bertz CT molecular complexity index is 951. The molecule has 0 bridgehead atoms. The second-order valence-corrected chi connectivity index (χ2v) is 7.42. The number of aryl methyl sites for hydroxylation is 1. The summed E-state index contributed by atoms with van der Waals surface area (Å²) in [5, 5.41) is 8.27. The van der Waals surface area contributed by atoms with Crippen LogP contribution in [-0.4, -0.2) is 33.7 Å². The molecule has 6 heteroatoms. The molecular weight excluding hydrogens is 372 g/mol. The topological polar surface area (TPSA) is 50.2 Å². The van der Waals surface area contributed by atoms with Crippen LogP contribution >= 0.6 is 11.6 Å². The third kappa shape index (κ3) is 4.43. The van der Waals surface area contributed by atoms with Crippen molar-refractivity contribution in [1.29, 1.82) is 0 Å². The number of hydrogen-bond acceptors (Lipinski definition) is 3. The predicted molar refractivity (Wildman–Crippen MR) is 114 cm³/mol. The highest BCUT2D eigenvalue weighted by atomic mass is 35.5. The number of likely N-dealkylation sites (N-methyl/N-ethyl adjacent to an activating group) is 1. The predicted octanol–water partition coefficient (Wildman–Crippen LogP) is 4.60. The first kappa shape index (κ1) is 20.1. The van der Waals surface area contributed by atoms with Gasteiger partial charge in [-0.15, -0.1) is 0 Å². The van der Waals surface area contributed by atoms with Gasteiger partial charge in [-0.2, -0.15) is 5.10 Å². The van der Waals surface area contributed by atoms with E-state index in [0.29, 0.717) is 11.6 Å². The highest BCUT2D eigenvalue weighted by Crippen LogP contribution is 2.20. The maximum Gasteiger partial charge on any atom is 0.241 e. The minimum Gasteiger partial charge on any atom is -0.325 e. The number of amides is 1. The molecule has 0 fully saturated rings. The van der Waals surface area contributed by atoms with Gasteiger partial charge < -0.3 is 5.32 Å². The second kappa shape index (κ2) is 8.59. The van der Waals surface area contributed by atoms with Crippen LogP contribution in [-0.2, 0) is 11.3 Å². The smallest absolute Gasteiger partial charge is 0.241 e. The molecule has 1 aromatic heterocycles. The van der Waals surface area contributed by atoms with E-state index in [1.165, 1.54) is 0 Å². The number of nitrogens with zero attached hydrogens (tertiary/aromatic N) is 3. The lowest BCUT2D eigenvalue weighted by Gasteiger charge is -2.24. The lowest BCUT2D eigenvalue weighted by Crippen LogP contribution is -2.39. The van der Waals surface area contributed by atoms with Crippen LogP contribution in [0.3, 0.4) is 0 Å².